The number of ether oxygens (including phenoxy) is 3. The molecule has 10 nitrogen and oxygen atoms in total. The van der Waals surface area contributed by atoms with E-state index in [-0.39, 0.29) is 6.61 Å². The van der Waals surface area contributed by atoms with Crippen molar-refractivity contribution in [3.05, 3.63) is 24.3 Å². The lowest BCUT2D eigenvalue weighted by molar-refractivity contribution is -0.158. The largest absolute Gasteiger partial charge is 0.485 e. The van der Waals surface area contributed by atoms with Gasteiger partial charge in [0.25, 0.3) is 11.8 Å². The molecule has 1 aromatic carbocycles. The van der Waals surface area contributed by atoms with Crippen molar-refractivity contribution in [1.82, 2.24) is 15.8 Å². The molecular formula is C19H21N3O7. The molecule has 0 unspecified atom stereocenters. The van der Waals surface area contributed by atoms with Gasteiger partial charge in [-0.25, -0.2) is 9.59 Å². The maximum absolute atomic E-state index is 12.6. The van der Waals surface area contributed by atoms with Gasteiger partial charge in [0.05, 0.1) is 0 Å². The summed E-state index contributed by atoms with van der Waals surface area (Å²) in [5.41, 5.74) is 1.26. The van der Waals surface area contributed by atoms with Gasteiger partial charge in [0, 0.05) is 0 Å². The zero-order chi connectivity index (χ0) is 20.4. The number of para-hydroxylation sites is 2. The number of fused-ring (bicyclic) bond motifs is 1. The van der Waals surface area contributed by atoms with Crippen LogP contribution in [0.5, 0.6) is 11.5 Å². The Balaban J connectivity index is 1.28. The Morgan fingerprint density at radius 1 is 1.17 bits per heavy atom. The molecule has 1 aliphatic carbocycles. The number of amides is 4. The summed E-state index contributed by atoms with van der Waals surface area (Å²) < 4.78 is 15.9. The molecule has 1 atom stereocenters. The SMILES string of the molecule is O=C(COC(=O)[C@@H]1COc2ccccc2O1)NN1C(=O)NC2(CCCCC2)C1=O. The third-order valence-electron chi connectivity index (χ3n) is 5.22. The number of hydrazine groups is 1. The topological polar surface area (TPSA) is 123 Å². The van der Waals surface area contributed by atoms with E-state index in [0.717, 1.165) is 19.3 Å². The summed E-state index contributed by atoms with van der Waals surface area (Å²) >= 11 is 0. The maximum Gasteiger partial charge on any atom is 0.351 e. The van der Waals surface area contributed by atoms with Crippen LogP contribution in [0.3, 0.4) is 0 Å². The Morgan fingerprint density at radius 2 is 1.90 bits per heavy atom. The third kappa shape index (κ3) is 3.69. The molecular weight excluding hydrogens is 382 g/mol. The van der Waals surface area contributed by atoms with E-state index in [0.29, 0.717) is 29.3 Å². The lowest BCUT2D eigenvalue weighted by Gasteiger charge is -2.30. The fourth-order valence-electron chi connectivity index (χ4n) is 3.74. The van der Waals surface area contributed by atoms with E-state index in [1.54, 1.807) is 24.3 Å². The number of rotatable bonds is 4. The average molecular weight is 403 g/mol. The van der Waals surface area contributed by atoms with Crippen molar-refractivity contribution in [3.63, 3.8) is 0 Å². The first-order valence-corrected chi connectivity index (χ1v) is 9.50. The minimum absolute atomic E-state index is 0.0486. The van der Waals surface area contributed by atoms with Crippen LogP contribution in [0.15, 0.2) is 24.3 Å². The standard InChI is InChI=1S/C19H21N3O7/c23-15(21-22-17(25)19(20-18(22)26)8-4-1-5-9-19)11-28-16(24)14-10-27-12-6-2-3-7-13(12)29-14/h2-3,6-7,14H,1,4-5,8-11H2,(H,20,26)(H,21,23)/t14-/m0/s1. The van der Waals surface area contributed by atoms with Crippen molar-refractivity contribution < 1.29 is 33.4 Å². The van der Waals surface area contributed by atoms with Gasteiger partial charge in [-0.1, -0.05) is 31.4 Å². The van der Waals surface area contributed by atoms with Gasteiger partial charge >= 0.3 is 12.0 Å². The molecule has 0 aromatic heterocycles. The van der Waals surface area contributed by atoms with E-state index in [1.165, 1.54) is 0 Å². The van der Waals surface area contributed by atoms with Crippen LogP contribution in [-0.2, 0) is 19.1 Å². The Hall–Kier alpha value is -3.30. The number of imide groups is 1. The zero-order valence-corrected chi connectivity index (χ0v) is 15.6. The highest BCUT2D eigenvalue weighted by atomic mass is 16.6. The number of esters is 1. The molecule has 1 saturated heterocycles. The first kappa shape index (κ1) is 19.0. The predicted octanol–water partition coefficient (Wildman–Crippen LogP) is 0.655. The molecule has 154 valence electrons. The van der Waals surface area contributed by atoms with Crippen LogP contribution in [-0.4, -0.2) is 53.7 Å². The number of carbonyl (C=O) groups is 4. The van der Waals surface area contributed by atoms with E-state index in [4.69, 9.17) is 14.2 Å². The van der Waals surface area contributed by atoms with Crippen LogP contribution in [0.1, 0.15) is 32.1 Å². The minimum atomic E-state index is -1.01. The maximum atomic E-state index is 12.6. The van der Waals surface area contributed by atoms with Crippen LogP contribution in [0.2, 0.25) is 0 Å². The second kappa shape index (κ2) is 7.61. The molecule has 2 N–H and O–H groups in total. The van der Waals surface area contributed by atoms with Gasteiger partial charge in [-0.05, 0) is 25.0 Å². The van der Waals surface area contributed by atoms with Crippen molar-refractivity contribution in [1.29, 1.82) is 0 Å². The molecule has 2 heterocycles. The number of hydrogen-bond acceptors (Lipinski definition) is 7. The fourth-order valence-corrected chi connectivity index (χ4v) is 3.74. The number of hydrogen-bond donors (Lipinski definition) is 2. The highest BCUT2D eigenvalue weighted by Gasteiger charge is 2.52. The summed E-state index contributed by atoms with van der Waals surface area (Å²) in [5, 5.41) is 3.34. The van der Waals surface area contributed by atoms with Crippen molar-refractivity contribution in [3.8, 4) is 11.5 Å². The molecule has 1 spiro atoms. The van der Waals surface area contributed by atoms with Crippen molar-refractivity contribution >= 4 is 23.8 Å². The molecule has 2 fully saturated rings. The van der Waals surface area contributed by atoms with E-state index < -0.39 is 42.1 Å². The number of urea groups is 1. The Labute approximate surface area is 166 Å². The molecule has 4 rings (SSSR count). The molecule has 10 heteroatoms. The molecule has 0 bridgehead atoms. The predicted molar refractivity (Wildman–Crippen MR) is 96.6 cm³/mol. The Kier molecular flexibility index (Phi) is 4.99. The third-order valence-corrected chi connectivity index (χ3v) is 5.22. The van der Waals surface area contributed by atoms with Gasteiger partial charge in [-0.15, -0.1) is 0 Å². The molecule has 1 saturated carbocycles. The molecule has 1 aromatic rings. The van der Waals surface area contributed by atoms with Crippen molar-refractivity contribution in [2.45, 2.75) is 43.7 Å². The van der Waals surface area contributed by atoms with Gasteiger partial charge in [0.15, 0.2) is 18.1 Å². The molecule has 3 aliphatic rings. The lowest BCUT2D eigenvalue weighted by Crippen LogP contribution is -2.51. The molecule has 4 amide bonds. The summed E-state index contributed by atoms with van der Waals surface area (Å²) in [4.78, 5) is 49.0. The van der Waals surface area contributed by atoms with Crippen molar-refractivity contribution in [2.75, 3.05) is 13.2 Å². The van der Waals surface area contributed by atoms with Gasteiger partial charge in [0.1, 0.15) is 12.1 Å². The second-order valence-electron chi connectivity index (χ2n) is 7.22. The van der Waals surface area contributed by atoms with Gasteiger partial charge in [-0.2, -0.15) is 5.01 Å². The first-order valence-electron chi connectivity index (χ1n) is 9.50. The van der Waals surface area contributed by atoms with Crippen LogP contribution >= 0.6 is 0 Å². The summed E-state index contributed by atoms with van der Waals surface area (Å²) in [5.74, 6) is -1.14. The average Bonchev–Trinajstić information content (AvgIpc) is 2.96. The Bertz CT molecular complexity index is 850. The number of nitrogens with zero attached hydrogens (tertiary/aromatic N) is 1. The molecule has 2 aliphatic heterocycles. The van der Waals surface area contributed by atoms with E-state index in [9.17, 15) is 19.2 Å². The molecule has 0 radical (unpaired) electrons. The van der Waals surface area contributed by atoms with Gasteiger partial charge < -0.3 is 19.5 Å². The van der Waals surface area contributed by atoms with Crippen LogP contribution in [0, 0.1) is 0 Å². The summed E-state index contributed by atoms with van der Waals surface area (Å²) in [7, 11) is 0. The first-order chi connectivity index (χ1) is 14.0. The highest BCUT2D eigenvalue weighted by Crippen LogP contribution is 2.33. The summed E-state index contributed by atoms with van der Waals surface area (Å²) in [6.45, 7) is -0.711. The smallest absolute Gasteiger partial charge is 0.351 e. The second-order valence-corrected chi connectivity index (χ2v) is 7.22. The number of benzene rings is 1. The zero-order valence-electron chi connectivity index (χ0n) is 15.6. The fraction of sp³-hybridized carbons (Fsp3) is 0.474. The summed E-state index contributed by atoms with van der Waals surface area (Å²) in [6.07, 6.45) is 2.74. The molecule has 29 heavy (non-hydrogen) atoms. The van der Waals surface area contributed by atoms with Crippen LogP contribution in [0.4, 0.5) is 4.79 Å². The quantitative estimate of drug-likeness (QED) is 0.559. The van der Waals surface area contributed by atoms with Gasteiger partial charge in [0.2, 0.25) is 6.10 Å². The van der Waals surface area contributed by atoms with Crippen molar-refractivity contribution in [2.24, 2.45) is 0 Å². The van der Waals surface area contributed by atoms with E-state index >= 15 is 0 Å². The monoisotopic (exact) mass is 403 g/mol. The van der Waals surface area contributed by atoms with E-state index in [1.807, 2.05) is 0 Å². The van der Waals surface area contributed by atoms with E-state index in [2.05, 4.69) is 10.7 Å². The lowest BCUT2D eigenvalue weighted by atomic mass is 9.82. The minimum Gasteiger partial charge on any atom is -0.485 e. The normalized spacial score (nSPS) is 22.2. The number of nitrogens with one attached hydrogen (secondary N) is 2. The Morgan fingerprint density at radius 3 is 2.66 bits per heavy atom. The summed E-state index contributed by atoms with van der Waals surface area (Å²) in [6, 6.07) is 6.19. The highest BCUT2D eigenvalue weighted by molar-refractivity contribution is 6.08. The number of carbonyl (C=O) groups excluding carboxylic acids is 4. The van der Waals surface area contributed by atoms with Gasteiger partial charge in [-0.3, -0.25) is 15.0 Å². The van der Waals surface area contributed by atoms with Crippen LogP contribution < -0.4 is 20.2 Å². The van der Waals surface area contributed by atoms with Crippen LogP contribution in [0.25, 0.3) is 0 Å².